The van der Waals surface area contributed by atoms with Gasteiger partial charge in [-0.15, -0.1) is 0 Å². The van der Waals surface area contributed by atoms with Crippen LogP contribution < -0.4 is 0 Å². The Bertz CT molecular complexity index is 450. The maximum atomic E-state index is 9.35. The number of nitrogens with zero attached hydrogens (tertiary/aromatic N) is 1. The molecule has 1 fully saturated rings. The molecular weight excluding hydrogens is 230 g/mol. The van der Waals surface area contributed by atoms with Gasteiger partial charge in [-0.25, -0.2) is 0 Å². The van der Waals surface area contributed by atoms with E-state index in [4.69, 9.17) is 11.6 Å². The fraction of sp³-hybridized carbons (Fsp3) is 0.400. The second kappa shape index (κ2) is 5.38. The van der Waals surface area contributed by atoms with E-state index in [9.17, 15) is 5.26 Å². The molecule has 0 bridgehead atoms. The summed E-state index contributed by atoms with van der Waals surface area (Å²) in [5.41, 5.74) is 0.818. The van der Waals surface area contributed by atoms with Crippen molar-refractivity contribution in [2.45, 2.75) is 32.1 Å². The zero-order chi connectivity index (χ0) is 12.1. The van der Waals surface area contributed by atoms with Crippen molar-refractivity contribution in [2.24, 2.45) is 5.41 Å². The van der Waals surface area contributed by atoms with Crippen molar-refractivity contribution in [3.8, 4) is 6.07 Å². The molecule has 0 saturated heterocycles. The fourth-order valence-electron chi connectivity index (χ4n) is 2.36. The SMILES string of the molecule is N#CC1(/C=C/c2cccc(Cl)c2)CCCCC1. The van der Waals surface area contributed by atoms with Crippen molar-refractivity contribution < 1.29 is 0 Å². The third-order valence-corrected chi connectivity index (χ3v) is 3.65. The Labute approximate surface area is 108 Å². The van der Waals surface area contributed by atoms with E-state index in [2.05, 4.69) is 12.1 Å². The molecule has 0 radical (unpaired) electrons. The lowest BCUT2D eigenvalue weighted by Crippen LogP contribution is -2.18. The molecule has 0 atom stereocenters. The molecule has 1 saturated carbocycles. The molecule has 1 aromatic rings. The van der Waals surface area contributed by atoms with Crippen LogP contribution in [0.4, 0.5) is 0 Å². The Morgan fingerprint density at radius 3 is 2.65 bits per heavy atom. The van der Waals surface area contributed by atoms with Crippen LogP contribution in [0.1, 0.15) is 37.7 Å². The largest absolute Gasteiger partial charge is 0.197 e. The Hall–Kier alpha value is -1.26. The van der Waals surface area contributed by atoms with Crippen molar-refractivity contribution in [3.63, 3.8) is 0 Å². The summed E-state index contributed by atoms with van der Waals surface area (Å²) in [5.74, 6) is 0. The van der Waals surface area contributed by atoms with Crippen LogP contribution in [0.3, 0.4) is 0 Å². The lowest BCUT2D eigenvalue weighted by molar-refractivity contribution is 0.337. The van der Waals surface area contributed by atoms with E-state index in [0.29, 0.717) is 0 Å². The zero-order valence-corrected chi connectivity index (χ0v) is 10.6. The molecule has 0 heterocycles. The number of allylic oxidation sites excluding steroid dienone is 1. The predicted molar refractivity (Wildman–Crippen MR) is 71.6 cm³/mol. The van der Waals surface area contributed by atoms with Crippen LogP contribution in [-0.2, 0) is 0 Å². The first-order chi connectivity index (χ1) is 8.24. The number of hydrogen-bond donors (Lipinski definition) is 0. The lowest BCUT2D eigenvalue weighted by Gasteiger charge is -2.27. The standard InChI is InChI=1S/C15H16ClN/c16-14-6-4-5-13(11-14)7-10-15(12-17)8-2-1-3-9-15/h4-7,10-11H,1-3,8-9H2/b10-7+. The molecule has 0 amide bonds. The minimum absolute atomic E-state index is 0.249. The average molecular weight is 246 g/mol. The maximum absolute atomic E-state index is 9.35. The Morgan fingerprint density at radius 2 is 2.00 bits per heavy atom. The molecule has 0 aromatic heterocycles. The van der Waals surface area contributed by atoms with Crippen LogP contribution in [0.25, 0.3) is 6.08 Å². The number of nitriles is 1. The Morgan fingerprint density at radius 1 is 1.24 bits per heavy atom. The van der Waals surface area contributed by atoms with E-state index < -0.39 is 0 Å². The third kappa shape index (κ3) is 3.11. The normalized spacial score (nSPS) is 19.1. The highest BCUT2D eigenvalue weighted by atomic mass is 35.5. The first-order valence-electron chi connectivity index (χ1n) is 6.10. The summed E-state index contributed by atoms with van der Waals surface area (Å²) in [4.78, 5) is 0. The van der Waals surface area contributed by atoms with Crippen LogP contribution >= 0.6 is 11.6 Å². The van der Waals surface area contributed by atoms with E-state index in [-0.39, 0.29) is 5.41 Å². The molecule has 0 aliphatic heterocycles. The van der Waals surface area contributed by atoms with Gasteiger partial charge in [-0.1, -0.05) is 55.1 Å². The van der Waals surface area contributed by atoms with Crippen LogP contribution in [0.2, 0.25) is 5.02 Å². The van der Waals surface area contributed by atoms with Gasteiger partial charge >= 0.3 is 0 Å². The van der Waals surface area contributed by atoms with E-state index in [0.717, 1.165) is 36.3 Å². The van der Waals surface area contributed by atoms with Gasteiger partial charge in [-0.05, 0) is 30.5 Å². The molecule has 2 heteroatoms. The minimum atomic E-state index is -0.249. The highest BCUT2D eigenvalue weighted by Crippen LogP contribution is 2.37. The summed E-state index contributed by atoms with van der Waals surface area (Å²) in [7, 11) is 0. The molecule has 2 rings (SSSR count). The van der Waals surface area contributed by atoms with Crippen LogP contribution in [0.5, 0.6) is 0 Å². The van der Waals surface area contributed by atoms with E-state index in [1.807, 2.05) is 30.3 Å². The minimum Gasteiger partial charge on any atom is -0.197 e. The summed E-state index contributed by atoms with van der Waals surface area (Å²) >= 11 is 5.94. The van der Waals surface area contributed by atoms with Crippen molar-refractivity contribution in [1.29, 1.82) is 5.26 Å². The molecular formula is C15H16ClN. The molecule has 88 valence electrons. The Kier molecular flexibility index (Phi) is 3.86. The average Bonchev–Trinajstić information content (AvgIpc) is 2.38. The fourth-order valence-corrected chi connectivity index (χ4v) is 2.56. The highest BCUT2D eigenvalue weighted by molar-refractivity contribution is 6.30. The van der Waals surface area contributed by atoms with Gasteiger partial charge in [-0.2, -0.15) is 5.26 Å². The molecule has 0 N–H and O–H groups in total. The molecule has 1 aromatic carbocycles. The molecule has 17 heavy (non-hydrogen) atoms. The van der Waals surface area contributed by atoms with E-state index >= 15 is 0 Å². The molecule has 1 aliphatic rings. The quantitative estimate of drug-likeness (QED) is 0.732. The van der Waals surface area contributed by atoms with Gasteiger partial charge in [-0.3, -0.25) is 0 Å². The number of rotatable bonds is 2. The van der Waals surface area contributed by atoms with E-state index in [1.54, 1.807) is 0 Å². The summed E-state index contributed by atoms with van der Waals surface area (Å²) in [6, 6.07) is 10.2. The molecule has 0 unspecified atom stereocenters. The number of benzene rings is 1. The van der Waals surface area contributed by atoms with Crippen molar-refractivity contribution in [1.82, 2.24) is 0 Å². The lowest BCUT2D eigenvalue weighted by atomic mass is 9.75. The molecule has 0 spiro atoms. The first-order valence-corrected chi connectivity index (χ1v) is 6.48. The van der Waals surface area contributed by atoms with E-state index in [1.165, 1.54) is 6.42 Å². The number of halogens is 1. The van der Waals surface area contributed by atoms with Crippen molar-refractivity contribution >= 4 is 17.7 Å². The second-order valence-corrected chi connectivity index (χ2v) is 5.15. The van der Waals surface area contributed by atoms with Gasteiger partial charge in [0.25, 0.3) is 0 Å². The van der Waals surface area contributed by atoms with Gasteiger partial charge < -0.3 is 0 Å². The first kappa shape index (κ1) is 12.2. The summed E-state index contributed by atoms with van der Waals surface area (Å²) in [5, 5.41) is 10.1. The van der Waals surface area contributed by atoms with Crippen molar-refractivity contribution in [2.75, 3.05) is 0 Å². The molecule has 1 nitrogen and oxygen atoms in total. The zero-order valence-electron chi connectivity index (χ0n) is 9.82. The van der Waals surface area contributed by atoms with Crippen LogP contribution in [0, 0.1) is 16.7 Å². The van der Waals surface area contributed by atoms with Gasteiger partial charge in [0.15, 0.2) is 0 Å². The maximum Gasteiger partial charge on any atom is 0.0756 e. The monoisotopic (exact) mass is 245 g/mol. The van der Waals surface area contributed by atoms with Gasteiger partial charge in [0.05, 0.1) is 11.5 Å². The van der Waals surface area contributed by atoms with Gasteiger partial charge in [0.1, 0.15) is 0 Å². The van der Waals surface area contributed by atoms with Gasteiger partial charge in [0, 0.05) is 5.02 Å². The van der Waals surface area contributed by atoms with Crippen molar-refractivity contribution in [3.05, 3.63) is 40.9 Å². The number of hydrogen-bond acceptors (Lipinski definition) is 1. The smallest absolute Gasteiger partial charge is 0.0756 e. The summed E-state index contributed by atoms with van der Waals surface area (Å²) < 4.78 is 0. The van der Waals surface area contributed by atoms with Crippen LogP contribution in [-0.4, -0.2) is 0 Å². The summed E-state index contributed by atoms with van der Waals surface area (Å²) in [6.07, 6.45) is 9.65. The Balaban J connectivity index is 2.16. The van der Waals surface area contributed by atoms with Crippen LogP contribution in [0.15, 0.2) is 30.3 Å². The molecule has 1 aliphatic carbocycles. The third-order valence-electron chi connectivity index (χ3n) is 3.41. The predicted octanol–water partition coefficient (Wildman–Crippen LogP) is 4.83. The highest BCUT2D eigenvalue weighted by Gasteiger charge is 2.28. The second-order valence-electron chi connectivity index (χ2n) is 4.72. The summed E-state index contributed by atoms with van der Waals surface area (Å²) in [6.45, 7) is 0. The van der Waals surface area contributed by atoms with Gasteiger partial charge in [0.2, 0.25) is 0 Å². The topological polar surface area (TPSA) is 23.8 Å².